The maximum absolute atomic E-state index is 6.02. The molecular formula is C13H20N4O. The fraction of sp³-hybridized carbons (Fsp3) is 0.692. The SMILES string of the molecule is Cc1c(NN)nc(C2CC2)nc1OC1CCCC1. The number of nitrogens with zero attached hydrogens (tertiary/aromatic N) is 2. The van der Waals surface area contributed by atoms with E-state index >= 15 is 0 Å². The Morgan fingerprint density at radius 2 is 1.89 bits per heavy atom. The van der Waals surface area contributed by atoms with Gasteiger partial charge in [-0.05, 0) is 45.4 Å². The number of nitrogen functional groups attached to an aromatic ring is 1. The highest BCUT2D eigenvalue weighted by Crippen LogP contribution is 2.40. The molecule has 5 nitrogen and oxygen atoms in total. The molecule has 98 valence electrons. The monoisotopic (exact) mass is 248 g/mol. The molecular weight excluding hydrogens is 228 g/mol. The van der Waals surface area contributed by atoms with E-state index in [1.807, 2.05) is 6.92 Å². The van der Waals surface area contributed by atoms with Gasteiger partial charge in [-0.25, -0.2) is 10.8 Å². The average Bonchev–Trinajstić information content (AvgIpc) is 3.11. The van der Waals surface area contributed by atoms with E-state index in [4.69, 9.17) is 10.6 Å². The second-order valence-corrected chi connectivity index (χ2v) is 5.30. The van der Waals surface area contributed by atoms with Crippen LogP contribution in [0.25, 0.3) is 0 Å². The van der Waals surface area contributed by atoms with Crippen molar-refractivity contribution in [3.63, 3.8) is 0 Å². The van der Waals surface area contributed by atoms with Crippen molar-refractivity contribution in [1.82, 2.24) is 9.97 Å². The molecule has 18 heavy (non-hydrogen) atoms. The number of nitrogens with one attached hydrogen (secondary N) is 1. The first-order valence-corrected chi connectivity index (χ1v) is 6.79. The first kappa shape index (κ1) is 11.7. The van der Waals surface area contributed by atoms with Gasteiger partial charge in [0.2, 0.25) is 5.88 Å². The summed E-state index contributed by atoms with van der Waals surface area (Å²) >= 11 is 0. The van der Waals surface area contributed by atoms with Crippen LogP contribution < -0.4 is 16.0 Å². The predicted octanol–water partition coefficient (Wildman–Crippen LogP) is 2.27. The summed E-state index contributed by atoms with van der Waals surface area (Å²) < 4.78 is 6.02. The van der Waals surface area contributed by atoms with Gasteiger partial charge in [-0.3, -0.25) is 0 Å². The molecule has 3 N–H and O–H groups in total. The number of hydrazine groups is 1. The summed E-state index contributed by atoms with van der Waals surface area (Å²) in [5, 5.41) is 0. The molecule has 2 aliphatic carbocycles. The molecule has 0 saturated heterocycles. The molecule has 2 aliphatic rings. The second-order valence-electron chi connectivity index (χ2n) is 5.30. The van der Waals surface area contributed by atoms with Crippen molar-refractivity contribution in [3.8, 4) is 5.88 Å². The van der Waals surface area contributed by atoms with Crippen molar-refractivity contribution in [3.05, 3.63) is 11.4 Å². The second kappa shape index (κ2) is 4.72. The summed E-state index contributed by atoms with van der Waals surface area (Å²) in [6.45, 7) is 1.95. The standard InChI is InChI=1S/C13H20N4O/c1-8-11(17-14)15-12(9-6-7-9)16-13(8)18-10-4-2-3-5-10/h9-10H,2-7,14H2,1H3,(H,15,16,17). The van der Waals surface area contributed by atoms with Crippen LogP contribution in [0.4, 0.5) is 5.82 Å². The summed E-state index contributed by atoms with van der Waals surface area (Å²) in [7, 11) is 0. The van der Waals surface area contributed by atoms with E-state index in [-0.39, 0.29) is 0 Å². The van der Waals surface area contributed by atoms with Crippen molar-refractivity contribution < 1.29 is 4.74 Å². The summed E-state index contributed by atoms with van der Waals surface area (Å²) in [4.78, 5) is 9.04. The van der Waals surface area contributed by atoms with E-state index in [0.717, 1.165) is 24.2 Å². The van der Waals surface area contributed by atoms with Crippen molar-refractivity contribution >= 4 is 5.82 Å². The van der Waals surface area contributed by atoms with Crippen LogP contribution in [0.2, 0.25) is 0 Å². The van der Waals surface area contributed by atoms with Gasteiger partial charge < -0.3 is 10.2 Å². The third-order valence-corrected chi connectivity index (χ3v) is 3.78. The van der Waals surface area contributed by atoms with E-state index in [0.29, 0.717) is 23.7 Å². The summed E-state index contributed by atoms with van der Waals surface area (Å²) in [5.41, 5.74) is 3.56. The molecule has 2 saturated carbocycles. The normalized spacial score (nSPS) is 20.1. The smallest absolute Gasteiger partial charge is 0.222 e. The van der Waals surface area contributed by atoms with Crippen molar-refractivity contribution in [2.75, 3.05) is 5.43 Å². The van der Waals surface area contributed by atoms with Crippen LogP contribution in [0.5, 0.6) is 5.88 Å². The van der Waals surface area contributed by atoms with Gasteiger partial charge in [0.1, 0.15) is 17.7 Å². The molecule has 3 rings (SSSR count). The number of aromatic nitrogens is 2. The lowest BCUT2D eigenvalue weighted by Crippen LogP contribution is -2.17. The highest BCUT2D eigenvalue weighted by Gasteiger charge is 2.29. The van der Waals surface area contributed by atoms with Gasteiger partial charge in [0.25, 0.3) is 0 Å². The molecule has 0 bridgehead atoms. The van der Waals surface area contributed by atoms with E-state index in [1.54, 1.807) is 0 Å². The Morgan fingerprint density at radius 3 is 2.50 bits per heavy atom. The van der Waals surface area contributed by atoms with E-state index in [9.17, 15) is 0 Å². The molecule has 0 unspecified atom stereocenters. The Hall–Kier alpha value is -1.36. The fourth-order valence-corrected chi connectivity index (χ4v) is 2.46. The van der Waals surface area contributed by atoms with Crippen molar-refractivity contribution in [1.29, 1.82) is 0 Å². The molecule has 1 aromatic heterocycles. The third-order valence-electron chi connectivity index (χ3n) is 3.78. The zero-order chi connectivity index (χ0) is 12.5. The molecule has 0 aliphatic heterocycles. The lowest BCUT2D eigenvalue weighted by Gasteiger charge is -2.16. The van der Waals surface area contributed by atoms with Crippen molar-refractivity contribution in [2.24, 2.45) is 5.84 Å². The van der Waals surface area contributed by atoms with E-state index in [2.05, 4.69) is 15.4 Å². The number of anilines is 1. The molecule has 0 radical (unpaired) electrons. The van der Waals surface area contributed by atoms with E-state index in [1.165, 1.54) is 25.7 Å². The van der Waals surface area contributed by atoms with Gasteiger partial charge in [0, 0.05) is 5.92 Å². The minimum absolute atomic E-state index is 0.316. The number of nitrogens with two attached hydrogens (primary N) is 1. The minimum atomic E-state index is 0.316. The Labute approximate surface area is 107 Å². The van der Waals surface area contributed by atoms with Crippen LogP contribution in [0.3, 0.4) is 0 Å². The minimum Gasteiger partial charge on any atom is -0.474 e. The number of hydrogen-bond donors (Lipinski definition) is 2. The number of rotatable bonds is 4. The molecule has 1 aromatic rings. The van der Waals surface area contributed by atoms with Crippen LogP contribution in [-0.4, -0.2) is 16.1 Å². The maximum atomic E-state index is 6.02. The van der Waals surface area contributed by atoms with Crippen LogP contribution in [0.15, 0.2) is 0 Å². The highest BCUT2D eigenvalue weighted by molar-refractivity contribution is 5.48. The molecule has 5 heteroatoms. The van der Waals surface area contributed by atoms with Crippen molar-refractivity contribution in [2.45, 2.75) is 57.5 Å². The third kappa shape index (κ3) is 2.27. The number of hydrogen-bond acceptors (Lipinski definition) is 5. The first-order chi connectivity index (χ1) is 8.78. The Morgan fingerprint density at radius 1 is 1.17 bits per heavy atom. The largest absolute Gasteiger partial charge is 0.474 e. The maximum Gasteiger partial charge on any atom is 0.222 e. The van der Waals surface area contributed by atoms with Gasteiger partial charge in [0.05, 0.1) is 5.56 Å². The average molecular weight is 248 g/mol. The summed E-state index contributed by atoms with van der Waals surface area (Å²) in [6.07, 6.45) is 7.45. The van der Waals surface area contributed by atoms with Gasteiger partial charge in [0.15, 0.2) is 0 Å². The van der Waals surface area contributed by atoms with Crippen LogP contribution >= 0.6 is 0 Å². The van der Waals surface area contributed by atoms with Gasteiger partial charge in [-0.15, -0.1) is 0 Å². The lowest BCUT2D eigenvalue weighted by molar-refractivity contribution is 0.199. The summed E-state index contributed by atoms with van der Waals surface area (Å²) in [5.74, 6) is 8.31. The molecule has 2 fully saturated rings. The Kier molecular flexibility index (Phi) is 3.07. The zero-order valence-electron chi connectivity index (χ0n) is 10.8. The van der Waals surface area contributed by atoms with Gasteiger partial charge in [-0.1, -0.05) is 0 Å². The topological polar surface area (TPSA) is 73.1 Å². The summed E-state index contributed by atoms with van der Waals surface area (Å²) in [6, 6.07) is 0. The highest BCUT2D eigenvalue weighted by atomic mass is 16.5. The van der Waals surface area contributed by atoms with Gasteiger partial charge in [-0.2, -0.15) is 4.98 Å². The fourth-order valence-electron chi connectivity index (χ4n) is 2.46. The number of ether oxygens (including phenoxy) is 1. The predicted molar refractivity (Wildman–Crippen MR) is 69.4 cm³/mol. The van der Waals surface area contributed by atoms with Gasteiger partial charge >= 0.3 is 0 Å². The molecule has 0 amide bonds. The lowest BCUT2D eigenvalue weighted by atomic mass is 10.3. The van der Waals surface area contributed by atoms with Crippen LogP contribution in [0, 0.1) is 6.92 Å². The zero-order valence-corrected chi connectivity index (χ0v) is 10.8. The first-order valence-electron chi connectivity index (χ1n) is 6.79. The molecule has 0 aromatic carbocycles. The molecule has 0 spiro atoms. The molecule has 1 heterocycles. The Balaban J connectivity index is 1.87. The van der Waals surface area contributed by atoms with E-state index < -0.39 is 0 Å². The Bertz CT molecular complexity index is 439. The van der Waals surface area contributed by atoms with Crippen LogP contribution in [0.1, 0.15) is 55.8 Å². The molecule has 0 atom stereocenters. The van der Waals surface area contributed by atoms with Crippen LogP contribution in [-0.2, 0) is 0 Å². The quantitative estimate of drug-likeness (QED) is 0.631.